The number of amides is 2. The average Bonchev–Trinajstić information content (AvgIpc) is 3.65. The Labute approximate surface area is 235 Å². The molecule has 5 rings (SSSR count). The van der Waals surface area contributed by atoms with Crippen LogP contribution < -0.4 is 44.3 Å². The van der Waals surface area contributed by atoms with Gasteiger partial charge in [-0.25, -0.2) is 0 Å². The number of carbonyl (C=O) groups is 2. The van der Waals surface area contributed by atoms with Gasteiger partial charge in [-0.3, -0.25) is 29.7 Å². The summed E-state index contributed by atoms with van der Waals surface area (Å²) in [5.74, 6) is 0.148. The summed E-state index contributed by atoms with van der Waals surface area (Å²) < 4.78 is 0. The molecule has 0 fully saturated rings. The molecular weight excluding hydrogens is 538 g/mol. The molecule has 2 heterocycles. The largest absolute Gasteiger partial charge is 1.00 e. The number of nitrogens with one attached hydrogen (secondary N) is 6. The molecule has 0 atom stereocenters. The van der Waals surface area contributed by atoms with Gasteiger partial charge in [0.2, 0.25) is 0 Å². The molecule has 0 aliphatic carbocycles. The van der Waals surface area contributed by atoms with E-state index in [1.807, 2.05) is 0 Å². The van der Waals surface area contributed by atoms with Gasteiger partial charge in [0.05, 0.1) is 18.0 Å². The first-order valence-electron chi connectivity index (χ1n) is 12.2. The average molecular weight is 563 g/mol. The van der Waals surface area contributed by atoms with Gasteiger partial charge in [0.25, 0.3) is 17.5 Å². The van der Waals surface area contributed by atoms with Crippen molar-refractivity contribution in [1.82, 2.24) is 10.6 Å². The lowest BCUT2D eigenvalue weighted by molar-refractivity contribution is -0.385. The maximum atomic E-state index is 12.9. The smallest absolute Gasteiger partial charge is 0.282 e. The summed E-state index contributed by atoms with van der Waals surface area (Å²) in [5.41, 5.74) is 1.92. The molecule has 3 aromatic rings. The summed E-state index contributed by atoms with van der Waals surface area (Å²) in [6, 6.07) is 17.5. The Hall–Kier alpha value is -5.17. The summed E-state index contributed by atoms with van der Waals surface area (Å²) in [4.78, 5) is 45.2. The fourth-order valence-electron chi connectivity index (χ4n) is 3.93. The van der Waals surface area contributed by atoms with E-state index in [2.05, 4.69) is 41.9 Å². The number of nitro benzene ring substituents is 1. The van der Waals surface area contributed by atoms with E-state index in [-0.39, 0.29) is 23.5 Å². The molecule has 0 saturated carbocycles. The quantitative estimate of drug-likeness (QED) is 0.170. The van der Waals surface area contributed by atoms with E-state index in [1.54, 1.807) is 48.5 Å². The normalized spacial score (nSPS) is 13.5. The Kier molecular flexibility index (Phi) is 8.76. The summed E-state index contributed by atoms with van der Waals surface area (Å²) in [5, 5.41) is 29.6. The highest BCUT2D eigenvalue weighted by Crippen LogP contribution is 2.24. The van der Waals surface area contributed by atoms with Crippen molar-refractivity contribution in [3.8, 4) is 0 Å². The lowest BCUT2D eigenvalue weighted by atomic mass is 10.1. The molecular formula is C26H25ClN9O4-. The van der Waals surface area contributed by atoms with E-state index in [1.165, 1.54) is 12.1 Å². The van der Waals surface area contributed by atoms with Crippen LogP contribution >= 0.6 is 0 Å². The van der Waals surface area contributed by atoms with Crippen molar-refractivity contribution in [2.24, 2.45) is 9.98 Å². The number of benzene rings is 3. The van der Waals surface area contributed by atoms with E-state index in [4.69, 9.17) is 0 Å². The van der Waals surface area contributed by atoms with Gasteiger partial charge >= 0.3 is 0 Å². The van der Waals surface area contributed by atoms with Crippen LogP contribution in [0.15, 0.2) is 76.7 Å². The van der Waals surface area contributed by atoms with Crippen molar-refractivity contribution in [3.05, 3.63) is 88.0 Å². The molecule has 0 radical (unpaired) electrons. The maximum Gasteiger partial charge on any atom is 0.282 e. The van der Waals surface area contributed by atoms with Gasteiger partial charge in [-0.2, -0.15) is 0 Å². The lowest BCUT2D eigenvalue weighted by Gasteiger charge is -2.10. The predicted octanol–water partition coefficient (Wildman–Crippen LogP) is -0.154. The first-order chi connectivity index (χ1) is 18.9. The van der Waals surface area contributed by atoms with Gasteiger partial charge in [0, 0.05) is 47.5 Å². The van der Waals surface area contributed by atoms with Crippen molar-refractivity contribution in [2.75, 3.05) is 47.4 Å². The molecule has 3 aromatic carbocycles. The summed E-state index contributed by atoms with van der Waals surface area (Å²) >= 11 is 0. The second kappa shape index (κ2) is 12.6. The van der Waals surface area contributed by atoms with Crippen LogP contribution in [0.3, 0.4) is 0 Å². The molecule has 0 saturated heterocycles. The van der Waals surface area contributed by atoms with Gasteiger partial charge < -0.3 is 44.3 Å². The fraction of sp³-hybridized carbons (Fsp3) is 0.154. The first-order valence-corrected chi connectivity index (χ1v) is 12.2. The third kappa shape index (κ3) is 6.82. The molecule has 206 valence electrons. The van der Waals surface area contributed by atoms with Crippen molar-refractivity contribution in [3.63, 3.8) is 0 Å². The Morgan fingerprint density at radius 2 is 1.20 bits per heavy atom. The van der Waals surface area contributed by atoms with Crippen LogP contribution in [0.2, 0.25) is 0 Å². The highest BCUT2D eigenvalue weighted by atomic mass is 35.5. The van der Waals surface area contributed by atoms with Crippen LogP contribution in [0.25, 0.3) is 0 Å². The highest BCUT2D eigenvalue weighted by Gasteiger charge is 2.23. The molecule has 2 amide bonds. The van der Waals surface area contributed by atoms with Crippen LogP contribution in [-0.2, 0) is 0 Å². The van der Waals surface area contributed by atoms with Crippen LogP contribution in [0, 0.1) is 10.1 Å². The molecule has 0 aromatic heterocycles. The molecule has 0 spiro atoms. The monoisotopic (exact) mass is 562 g/mol. The maximum absolute atomic E-state index is 12.9. The van der Waals surface area contributed by atoms with E-state index < -0.39 is 22.4 Å². The number of nitrogens with zero attached hydrogens (tertiary/aromatic N) is 3. The van der Waals surface area contributed by atoms with E-state index >= 15 is 0 Å². The minimum absolute atomic E-state index is 0. The van der Waals surface area contributed by atoms with Crippen molar-refractivity contribution < 1.29 is 26.9 Å². The van der Waals surface area contributed by atoms with Gasteiger partial charge in [-0.1, -0.05) is 0 Å². The van der Waals surface area contributed by atoms with Crippen molar-refractivity contribution in [2.45, 2.75) is 0 Å². The van der Waals surface area contributed by atoms with Crippen molar-refractivity contribution >= 4 is 52.2 Å². The molecule has 0 unspecified atom stereocenters. The van der Waals surface area contributed by atoms with Crippen LogP contribution in [0.5, 0.6) is 0 Å². The first kappa shape index (κ1) is 27.9. The Morgan fingerprint density at radius 1 is 0.725 bits per heavy atom. The number of aliphatic imine (C=N–C) groups is 2. The van der Waals surface area contributed by atoms with Crippen LogP contribution in [0.4, 0.5) is 28.4 Å². The second-order valence-electron chi connectivity index (χ2n) is 8.62. The minimum Gasteiger partial charge on any atom is -1.00 e. The summed E-state index contributed by atoms with van der Waals surface area (Å²) in [6.45, 7) is 2.97. The number of hydrogen-bond donors (Lipinski definition) is 6. The Bertz CT molecular complexity index is 1470. The zero-order valence-electron chi connectivity index (χ0n) is 21.0. The number of nitro groups is 1. The highest BCUT2D eigenvalue weighted by molar-refractivity contribution is 6.10. The van der Waals surface area contributed by atoms with Gasteiger partial charge in [0.1, 0.15) is 5.56 Å². The molecule has 14 heteroatoms. The molecule has 0 bridgehead atoms. The minimum atomic E-state index is -0.686. The predicted molar refractivity (Wildman–Crippen MR) is 150 cm³/mol. The summed E-state index contributed by atoms with van der Waals surface area (Å²) in [7, 11) is 0. The lowest BCUT2D eigenvalue weighted by Crippen LogP contribution is -3.00. The number of hydrogen-bond acceptors (Lipinski definition) is 10. The van der Waals surface area contributed by atoms with Gasteiger partial charge in [-0.05, 0) is 60.7 Å². The number of carbonyl (C=O) groups excluding carboxylic acids is 2. The second-order valence-corrected chi connectivity index (χ2v) is 8.62. The fourth-order valence-corrected chi connectivity index (χ4v) is 3.93. The molecule has 13 nitrogen and oxygen atoms in total. The Balaban J connectivity index is 0.00000370. The molecule has 40 heavy (non-hydrogen) atoms. The zero-order valence-corrected chi connectivity index (χ0v) is 21.8. The molecule has 2 aliphatic heterocycles. The zero-order chi connectivity index (χ0) is 27.2. The topological polar surface area (TPSA) is 174 Å². The molecule has 2 aliphatic rings. The van der Waals surface area contributed by atoms with E-state index in [0.717, 1.165) is 30.5 Å². The van der Waals surface area contributed by atoms with E-state index in [9.17, 15) is 19.7 Å². The standard InChI is InChI=1S/C26H25N9O4.ClH/c36-23(31-17-2-6-19(7-3-17)33-25-27-11-12-28-25)16-1-10-21(22(15-16)35(38)39)24(37)32-18-4-8-20(9-5-18)34-26-29-13-14-30-26;/h1-10,15H,11-14H2,(H,31,36)(H,32,37)(H2,27,28,33)(H2,29,30,34);1H/p-1. The number of guanidine groups is 2. The van der Waals surface area contributed by atoms with E-state index in [0.29, 0.717) is 36.4 Å². The summed E-state index contributed by atoms with van der Waals surface area (Å²) in [6.07, 6.45) is 0. The van der Waals surface area contributed by atoms with Crippen molar-refractivity contribution in [1.29, 1.82) is 0 Å². The number of anilines is 4. The Morgan fingerprint density at radius 3 is 1.65 bits per heavy atom. The van der Waals surface area contributed by atoms with Crippen LogP contribution in [-0.4, -0.2) is 54.8 Å². The van der Waals surface area contributed by atoms with Gasteiger partial charge in [0.15, 0.2) is 11.9 Å². The SMILES string of the molecule is O=C(Nc1ccc(NC2=NCCN2)cc1)c1ccc(C(=O)Nc2ccc(NC3=NCCN3)cc2)c([N+](=O)[O-])c1.[Cl-]. The van der Waals surface area contributed by atoms with Gasteiger partial charge in [-0.15, -0.1) is 0 Å². The van der Waals surface area contributed by atoms with Crippen LogP contribution in [0.1, 0.15) is 20.7 Å². The number of rotatable bonds is 7. The third-order valence-electron chi connectivity index (χ3n) is 5.86. The third-order valence-corrected chi connectivity index (χ3v) is 5.86. The number of halogens is 1. The molecule has 6 N–H and O–H groups in total.